The Labute approximate surface area is 122 Å². The van der Waals surface area contributed by atoms with E-state index in [1.54, 1.807) is 25.3 Å². The molecule has 1 N–H and O–H groups in total. The smallest absolute Gasteiger partial charge is 0.269 e. The largest absolute Gasteiger partial charge is 0.391 e. The summed E-state index contributed by atoms with van der Waals surface area (Å²) in [6, 6.07) is 5.96. The highest BCUT2D eigenvalue weighted by Gasteiger charge is 2.30. The molecule has 112 valence electrons. The third-order valence-electron chi connectivity index (χ3n) is 3.53. The van der Waals surface area contributed by atoms with E-state index in [4.69, 9.17) is 0 Å². The Balaban J connectivity index is 1.89. The lowest BCUT2D eigenvalue weighted by Crippen LogP contribution is -2.34. The molecule has 1 amide bonds. The second-order valence-electron chi connectivity index (χ2n) is 5.31. The first-order chi connectivity index (χ1) is 9.97. The lowest BCUT2D eigenvalue weighted by atomic mass is 10.2. The molecule has 1 aliphatic carbocycles. The molecule has 2 rings (SSSR count). The summed E-state index contributed by atoms with van der Waals surface area (Å²) >= 11 is 0. The molecule has 0 aromatic heterocycles. The second kappa shape index (κ2) is 6.49. The van der Waals surface area contributed by atoms with E-state index < -0.39 is 11.0 Å². The maximum absolute atomic E-state index is 11.9. The number of amides is 1. The zero-order chi connectivity index (χ0) is 15.4. The number of hydrogen-bond acceptors (Lipinski definition) is 4. The van der Waals surface area contributed by atoms with Gasteiger partial charge in [-0.05, 0) is 42.5 Å². The van der Waals surface area contributed by atoms with E-state index in [1.165, 1.54) is 23.1 Å². The van der Waals surface area contributed by atoms with Crippen LogP contribution in [0.4, 0.5) is 5.69 Å². The highest BCUT2D eigenvalue weighted by molar-refractivity contribution is 5.91. The summed E-state index contributed by atoms with van der Waals surface area (Å²) in [5, 5.41) is 20.3. The van der Waals surface area contributed by atoms with Crippen LogP contribution in [-0.4, -0.2) is 40.5 Å². The number of carbonyl (C=O) groups is 1. The number of likely N-dealkylation sites (N-methyl/N-ethyl adjacent to an activating group) is 1. The fourth-order valence-electron chi connectivity index (χ4n) is 2.00. The van der Waals surface area contributed by atoms with Crippen LogP contribution in [0.1, 0.15) is 18.4 Å². The van der Waals surface area contributed by atoms with Crippen molar-refractivity contribution in [3.8, 4) is 0 Å². The number of aliphatic hydroxyl groups excluding tert-OH is 1. The molecule has 21 heavy (non-hydrogen) atoms. The van der Waals surface area contributed by atoms with Gasteiger partial charge in [0.1, 0.15) is 0 Å². The third kappa shape index (κ3) is 4.39. The van der Waals surface area contributed by atoms with Gasteiger partial charge in [-0.1, -0.05) is 0 Å². The number of nitrogens with zero attached hydrogens (tertiary/aromatic N) is 2. The number of rotatable bonds is 6. The molecular weight excluding hydrogens is 272 g/mol. The van der Waals surface area contributed by atoms with Gasteiger partial charge in [0, 0.05) is 31.8 Å². The highest BCUT2D eigenvalue weighted by atomic mass is 16.6. The van der Waals surface area contributed by atoms with Gasteiger partial charge in [0.2, 0.25) is 5.91 Å². The zero-order valence-electron chi connectivity index (χ0n) is 11.8. The summed E-state index contributed by atoms with van der Waals surface area (Å²) in [7, 11) is 1.65. The average Bonchev–Trinajstić information content (AvgIpc) is 3.29. The number of nitro groups is 1. The SMILES string of the molecule is CN(CC(O)C1CC1)C(=O)/C=C/c1ccc([N+](=O)[O-])cc1. The summed E-state index contributed by atoms with van der Waals surface area (Å²) in [6.07, 6.45) is 4.61. The van der Waals surface area contributed by atoms with Crippen LogP contribution in [0.5, 0.6) is 0 Å². The van der Waals surface area contributed by atoms with Crippen molar-refractivity contribution in [2.24, 2.45) is 5.92 Å². The van der Waals surface area contributed by atoms with Crippen LogP contribution < -0.4 is 0 Å². The molecule has 1 fully saturated rings. The molecule has 1 aromatic rings. The van der Waals surface area contributed by atoms with Gasteiger partial charge in [0.15, 0.2) is 0 Å². The summed E-state index contributed by atoms with van der Waals surface area (Å²) in [4.78, 5) is 23.4. The highest BCUT2D eigenvalue weighted by Crippen LogP contribution is 2.32. The molecule has 0 aliphatic heterocycles. The summed E-state index contributed by atoms with van der Waals surface area (Å²) in [5.41, 5.74) is 0.730. The van der Waals surface area contributed by atoms with Crippen LogP contribution in [-0.2, 0) is 4.79 Å². The Kier molecular flexibility index (Phi) is 4.70. The van der Waals surface area contributed by atoms with Gasteiger partial charge in [-0.25, -0.2) is 0 Å². The van der Waals surface area contributed by atoms with E-state index in [9.17, 15) is 20.0 Å². The Bertz CT molecular complexity index is 549. The number of aliphatic hydroxyl groups is 1. The molecule has 1 aromatic carbocycles. The van der Waals surface area contributed by atoms with Gasteiger partial charge >= 0.3 is 0 Å². The summed E-state index contributed by atoms with van der Waals surface area (Å²) in [6.45, 7) is 0.327. The first-order valence-corrected chi connectivity index (χ1v) is 6.83. The molecule has 6 heteroatoms. The molecule has 0 saturated heterocycles. The van der Waals surface area contributed by atoms with Crippen LogP contribution >= 0.6 is 0 Å². The van der Waals surface area contributed by atoms with Crippen LogP contribution in [0.3, 0.4) is 0 Å². The molecule has 1 aliphatic rings. The van der Waals surface area contributed by atoms with Gasteiger partial charge in [-0.2, -0.15) is 0 Å². The van der Waals surface area contributed by atoms with Crippen LogP contribution in [0.15, 0.2) is 30.3 Å². The maximum atomic E-state index is 11.9. The fraction of sp³-hybridized carbons (Fsp3) is 0.400. The summed E-state index contributed by atoms with van der Waals surface area (Å²) < 4.78 is 0. The molecule has 0 heterocycles. The van der Waals surface area contributed by atoms with Gasteiger partial charge in [-0.3, -0.25) is 14.9 Å². The Morgan fingerprint density at radius 1 is 1.48 bits per heavy atom. The van der Waals surface area contributed by atoms with Crippen molar-refractivity contribution in [1.29, 1.82) is 0 Å². The number of nitro benzene ring substituents is 1. The minimum absolute atomic E-state index is 0.0168. The minimum Gasteiger partial charge on any atom is -0.391 e. The second-order valence-corrected chi connectivity index (χ2v) is 5.31. The van der Waals surface area contributed by atoms with E-state index in [2.05, 4.69) is 0 Å². The zero-order valence-corrected chi connectivity index (χ0v) is 11.8. The molecule has 0 spiro atoms. The van der Waals surface area contributed by atoms with E-state index in [0.29, 0.717) is 18.0 Å². The van der Waals surface area contributed by atoms with Crippen molar-refractivity contribution in [2.45, 2.75) is 18.9 Å². The molecule has 1 saturated carbocycles. The first-order valence-electron chi connectivity index (χ1n) is 6.83. The quantitative estimate of drug-likeness (QED) is 0.492. The molecule has 1 unspecified atom stereocenters. The van der Waals surface area contributed by atoms with Crippen molar-refractivity contribution in [1.82, 2.24) is 4.90 Å². The van der Waals surface area contributed by atoms with E-state index in [1.807, 2.05) is 0 Å². The molecule has 0 bridgehead atoms. The predicted octanol–water partition coefficient (Wildman–Crippen LogP) is 1.84. The predicted molar refractivity (Wildman–Crippen MR) is 78.5 cm³/mol. The normalized spacial score (nSPS) is 15.9. The van der Waals surface area contributed by atoms with Gasteiger partial charge in [0.25, 0.3) is 5.69 Å². The Hall–Kier alpha value is -2.21. The van der Waals surface area contributed by atoms with Crippen molar-refractivity contribution in [2.75, 3.05) is 13.6 Å². The third-order valence-corrected chi connectivity index (χ3v) is 3.53. The lowest BCUT2D eigenvalue weighted by Gasteiger charge is -2.19. The average molecular weight is 290 g/mol. The van der Waals surface area contributed by atoms with Crippen LogP contribution in [0.25, 0.3) is 6.08 Å². The van der Waals surface area contributed by atoms with Crippen molar-refractivity contribution in [3.05, 3.63) is 46.0 Å². The first kappa shape index (κ1) is 15.2. The van der Waals surface area contributed by atoms with E-state index >= 15 is 0 Å². The Morgan fingerprint density at radius 3 is 2.62 bits per heavy atom. The van der Waals surface area contributed by atoms with E-state index in [0.717, 1.165) is 12.8 Å². The van der Waals surface area contributed by atoms with E-state index in [-0.39, 0.29) is 11.6 Å². The van der Waals surface area contributed by atoms with Gasteiger partial charge in [-0.15, -0.1) is 0 Å². The number of carbonyl (C=O) groups excluding carboxylic acids is 1. The molecular formula is C15H18N2O4. The molecule has 1 atom stereocenters. The standard InChI is InChI=1S/C15H18N2O4/c1-16(10-14(18)12-5-6-12)15(19)9-4-11-2-7-13(8-3-11)17(20)21/h2-4,7-9,12,14,18H,5-6,10H2,1H3/b9-4+. The summed E-state index contributed by atoms with van der Waals surface area (Å²) in [5.74, 6) is 0.131. The van der Waals surface area contributed by atoms with Gasteiger partial charge in [0.05, 0.1) is 11.0 Å². The maximum Gasteiger partial charge on any atom is 0.269 e. The van der Waals surface area contributed by atoms with Gasteiger partial charge < -0.3 is 10.0 Å². The minimum atomic E-state index is -0.467. The molecule has 6 nitrogen and oxygen atoms in total. The number of benzene rings is 1. The van der Waals surface area contributed by atoms with Crippen LogP contribution in [0, 0.1) is 16.0 Å². The molecule has 0 radical (unpaired) electrons. The number of non-ortho nitro benzene ring substituents is 1. The monoisotopic (exact) mass is 290 g/mol. The van der Waals surface area contributed by atoms with Crippen molar-refractivity contribution >= 4 is 17.7 Å². The fourth-order valence-corrected chi connectivity index (χ4v) is 2.00. The van der Waals surface area contributed by atoms with Crippen molar-refractivity contribution in [3.63, 3.8) is 0 Å². The lowest BCUT2D eigenvalue weighted by molar-refractivity contribution is -0.384. The number of hydrogen-bond donors (Lipinski definition) is 1. The topological polar surface area (TPSA) is 83.7 Å². The van der Waals surface area contributed by atoms with Crippen LogP contribution in [0.2, 0.25) is 0 Å². The van der Waals surface area contributed by atoms with Crippen molar-refractivity contribution < 1.29 is 14.8 Å². The Morgan fingerprint density at radius 2 is 2.10 bits per heavy atom.